The largest absolute Gasteiger partial charge is 0.407 e. The molecule has 0 bridgehead atoms. The van der Waals surface area contributed by atoms with Crippen molar-refractivity contribution >= 4 is 26.3 Å². The highest BCUT2D eigenvalue weighted by atomic mass is 31.2. The van der Waals surface area contributed by atoms with Crippen molar-refractivity contribution in [1.29, 1.82) is 0 Å². The Bertz CT molecular complexity index is 885. The molecule has 0 saturated carbocycles. The van der Waals surface area contributed by atoms with Gasteiger partial charge in [0.25, 0.3) is 8.32 Å². The van der Waals surface area contributed by atoms with Crippen molar-refractivity contribution in [3.8, 4) is 0 Å². The molecule has 2 rings (SSSR count). The topological polar surface area (TPSA) is 65.0 Å². The molecule has 5 nitrogen and oxygen atoms in total. The molecule has 0 fully saturated rings. The zero-order valence-electron chi connectivity index (χ0n) is 21.6. The first-order valence-electron chi connectivity index (χ1n) is 12.0. The van der Waals surface area contributed by atoms with E-state index in [1.54, 1.807) is 6.08 Å². The number of hydrogen-bond acceptors (Lipinski definition) is 5. The lowest BCUT2D eigenvalue weighted by atomic mass is 10.2. The lowest BCUT2D eigenvalue weighted by Crippen LogP contribution is -2.66. The van der Waals surface area contributed by atoms with E-state index >= 15 is 0 Å². The van der Waals surface area contributed by atoms with Crippen molar-refractivity contribution in [1.82, 2.24) is 0 Å². The van der Waals surface area contributed by atoms with Gasteiger partial charge in [-0.05, 0) is 43.1 Å². The number of aliphatic hydroxyl groups is 1. The highest BCUT2D eigenvalue weighted by Gasteiger charge is 2.50. The van der Waals surface area contributed by atoms with Gasteiger partial charge in [-0.25, -0.2) is 0 Å². The quantitative estimate of drug-likeness (QED) is 0.295. The van der Waals surface area contributed by atoms with Crippen molar-refractivity contribution in [3.05, 3.63) is 72.6 Å². The van der Waals surface area contributed by atoms with E-state index in [1.807, 2.05) is 64.1 Å². The number of benzene rings is 2. The SMILES string of the molecule is CC(C)OP(=O)(/C=C/C(CO)CO[Si](c1ccccc1)(c1ccccc1)C(C)(C)C)OC(C)C. The predicted octanol–water partition coefficient (Wildman–Crippen LogP) is 5.73. The van der Waals surface area contributed by atoms with Crippen LogP contribution in [0, 0.1) is 5.92 Å². The van der Waals surface area contributed by atoms with Crippen LogP contribution >= 0.6 is 7.60 Å². The molecule has 7 heteroatoms. The van der Waals surface area contributed by atoms with Crippen LogP contribution in [0.2, 0.25) is 5.04 Å². The summed E-state index contributed by atoms with van der Waals surface area (Å²) in [6.07, 6.45) is 1.20. The van der Waals surface area contributed by atoms with E-state index in [0.29, 0.717) is 0 Å². The fraction of sp³-hybridized carbons (Fsp3) is 0.481. The Hall–Kier alpha value is -1.53. The third-order valence-electron chi connectivity index (χ3n) is 5.42. The molecule has 0 spiro atoms. The molecule has 0 saturated heterocycles. The van der Waals surface area contributed by atoms with Gasteiger partial charge in [0.2, 0.25) is 0 Å². The van der Waals surface area contributed by atoms with Crippen LogP contribution in [-0.4, -0.2) is 38.8 Å². The van der Waals surface area contributed by atoms with Crippen molar-refractivity contribution < 1.29 is 23.1 Å². The Balaban J connectivity index is 2.42. The molecule has 34 heavy (non-hydrogen) atoms. The third-order valence-corrected chi connectivity index (χ3v) is 12.4. The molecule has 0 aliphatic rings. The highest BCUT2D eigenvalue weighted by Crippen LogP contribution is 2.52. The van der Waals surface area contributed by atoms with Crippen molar-refractivity contribution in [2.45, 2.75) is 65.7 Å². The van der Waals surface area contributed by atoms with Crippen LogP contribution < -0.4 is 10.4 Å². The second-order valence-corrected chi connectivity index (χ2v) is 16.2. The van der Waals surface area contributed by atoms with Gasteiger partial charge in [-0.2, -0.15) is 0 Å². The normalized spacial score (nSPS) is 14.3. The summed E-state index contributed by atoms with van der Waals surface area (Å²) in [5.41, 5.74) is 0. The van der Waals surface area contributed by atoms with E-state index in [9.17, 15) is 9.67 Å². The summed E-state index contributed by atoms with van der Waals surface area (Å²) in [4.78, 5) is 0. The molecule has 188 valence electrons. The lowest BCUT2D eigenvalue weighted by molar-refractivity contribution is 0.149. The fourth-order valence-corrected chi connectivity index (χ4v) is 10.5. The van der Waals surface area contributed by atoms with Gasteiger partial charge in [0.1, 0.15) is 0 Å². The Morgan fingerprint density at radius 3 is 1.68 bits per heavy atom. The van der Waals surface area contributed by atoms with E-state index in [4.69, 9.17) is 13.5 Å². The average molecular weight is 505 g/mol. The first kappa shape index (κ1) is 28.7. The van der Waals surface area contributed by atoms with Crippen LogP contribution in [0.15, 0.2) is 72.6 Å². The fourth-order valence-electron chi connectivity index (χ4n) is 4.07. The second-order valence-electron chi connectivity index (χ2n) is 10.1. The van der Waals surface area contributed by atoms with Crippen molar-refractivity contribution in [2.75, 3.05) is 13.2 Å². The molecule has 1 unspecified atom stereocenters. The summed E-state index contributed by atoms with van der Waals surface area (Å²) in [7, 11) is -6.18. The van der Waals surface area contributed by atoms with Gasteiger partial charge in [-0.15, -0.1) is 0 Å². The molecule has 1 atom stereocenters. The van der Waals surface area contributed by atoms with Gasteiger partial charge >= 0.3 is 7.60 Å². The van der Waals surface area contributed by atoms with E-state index in [2.05, 4.69) is 45.0 Å². The summed E-state index contributed by atoms with van der Waals surface area (Å²) in [6, 6.07) is 20.7. The third kappa shape index (κ3) is 7.48. The average Bonchev–Trinajstić information content (AvgIpc) is 2.75. The molecule has 2 aromatic rings. The van der Waals surface area contributed by atoms with Crippen LogP contribution in [0.1, 0.15) is 48.5 Å². The van der Waals surface area contributed by atoms with Crippen LogP contribution in [0.5, 0.6) is 0 Å². The van der Waals surface area contributed by atoms with Gasteiger partial charge in [0.05, 0.1) is 18.8 Å². The minimum Gasteiger partial charge on any atom is -0.407 e. The lowest BCUT2D eigenvalue weighted by Gasteiger charge is -2.43. The predicted molar refractivity (Wildman–Crippen MR) is 143 cm³/mol. The molecule has 0 amide bonds. The van der Waals surface area contributed by atoms with Gasteiger partial charge in [0, 0.05) is 18.3 Å². The monoisotopic (exact) mass is 504 g/mol. The molecule has 0 heterocycles. The molecule has 1 N–H and O–H groups in total. The molecular weight excluding hydrogens is 463 g/mol. The molecule has 0 aromatic heterocycles. The zero-order chi connectivity index (χ0) is 25.4. The molecule has 0 aliphatic carbocycles. The zero-order valence-corrected chi connectivity index (χ0v) is 23.5. The standard InChI is InChI=1S/C27H41O5PSi/c1-22(2)31-33(29,32-23(3)4)19-18-24(20-28)21-30-34(27(5,6)7,25-14-10-8-11-15-25)26-16-12-9-13-17-26/h8-19,22-24,28H,20-21H2,1-7H3/b19-18+. The van der Waals surface area contributed by atoms with Gasteiger partial charge in [-0.3, -0.25) is 4.57 Å². The van der Waals surface area contributed by atoms with E-state index in [1.165, 1.54) is 16.2 Å². The summed E-state index contributed by atoms with van der Waals surface area (Å²) in [6.45, 7) is 14.1. The Morgan fingerprint density at radius 1 is 0.882 bits per heavy atom. The van der Waals surface area contributed by atoms with E-state index < -0.39 is 15.9 Å². The van der Waals surface area contributed by atoms with Crippen LogP contribution in [0.25, 0.3) is 0 Å². The Labute approximate surface area is 206 Å². The second kappa shape index (κ2) is 12.4. The van der Waals surface area contributed by atoms with E-state index in [-0.39, 0.29) is 36.4 Å². The maximum Gasteiger partial charge on any atom is 0.354 e. The van der Waals surface area contributed by atoms with Crippen LogP contribution in [0.3, 0.4) is 0 Å². The number of rotatable bonds is 12. The molecule has 2 aromatic carbocycles. The first-order valence-corrected chi connectivity index (χ1v) is 15.5. The Kier molecular flexibility index (Phi) is 10.5. The van der Waals surface area contributed by atoms with Crippen LogP contribution in [-0.2, 0) is 18.0 Å². The summed E-state index contributed by atoms with van der Waals surface area (Å²) in [5, 5.41) is 12.3. The molecular formula is C27H41O5PSi. The maximum atomic E-state index is 13.2. The van der Waals surface area contributed by atoms with Crippen LogP contribution in [0.4, 0.5) is 0 Å². The van der Waals surface area contributed by atoms with Gasteiger partial charge in [0.15, 0.2) is 0 Å². The summed E-state index contributed by atoms with van der Waals surface area (Å²) >= 11 is 0. The smallest absolute Gasteiger partial charge is 0.354 e. The minimum absolute atomic E-state index is 0.141. The molecule has 0 radical (unpaired) electrons. The van der Waals surface area contributed by atoms with Crippen molar-refractivity contribution in [2.24, 2.45) is 5.92 Å². The van der Waals surface area contributed by atoms with Crippen molar-refractivity contribution in [3.63, 3.8) is 0 Å². The van der Waals surface area contributed by atoms with Gasteiger partial charge in [-0.1, -0.05) is 87.5 Å². The first-order chi connectivity index (χ1) is 15.9. The molecule has 0 aliphatic heterocycles. The maximum absolute atomic E-state index is 13.2. The Morgan fingerprint density at radius 2 is 1.32 bits per heavy atom. The number of hydrogen-bond donors (Lipinski definition) is 1. The van der Waals surface area contributed by atoms with E-state index in [0.717, 1.165) is 0 Å². The minimum atomic E-state index is -3.45. The summed E-state index contributed by atoms with van der Waals surface area (Å²) in [5.74, 6) is 1.12. The number of aliphatic hydroxyl groups excluding tert-OH is 1. The highest BCUT2D eigenvalue weighted by molar-refractivity contribution is 7.57. The van der Waals surface area contributed by atoms with Gasteiger partial charge < -0.3 is 18.6 Å². The summed E-state index contributed by atoms with van der Waals surface area (Å²) < 4.78 is 31.3.